The molecule has 1 unspecified atom stereocenters. The van der Waals surface area contributed by atoms with Crippen molar-refractivity contribution in [2.45, 2.75) is 19.4 Å². The number of hydrogen-bond donors (Lipinski definition) is 4. The summed E-state index contributed by atoms with van der Waals surface area (Å²) in [5, 5.41) is 17.3. The van der Waals surface area contributed by atoms with Crippen LogP contribution in [0.4, 0.5) is 0 Å². The third-order valence-electron chi connectivity index (χ3n) is 3.05. The number of nitrogens with zero attached hydrogens (tertiary/aromatic N) is 1. The number of halogens is 2. The molecule has 1 aromatic rings. The Bertz CT molecular complexity index is 663. The van der Waals surface area contributed by atoms with Gasteiger partial charge in [0, 0.05) is 29.7 Å². The summed E-state index contributed by atoms with van der Waals surface area (Å²) < 4.78 is 24.4. The van der Waals surface area contributed by atoms with E-state index in [1.165, 1.54) is 0 Å². The molecule has 0 bridgehead atoms. The quantitative estimate of drug-likeness (QED) is 0.280. The summed E-state index contributed by atoms with van der Waals surface area (Å²) in [7, 11) is -3.17. The third kappa shape index (κ3) is 9.86. The summed E-state index contributed by atoms with van der Waals surface area (Å²) in [6, 6.07) is 4.88. The molecular formula is C15H24Cl2N4O3S. The van der Waals surface area contributed by atoms with Crippen LogP contribution in [0.1, 0.15) is 25.0 Å². The van der Waals surface area contributed by atoms with Gasteiger partial charge in [-0.15, -0.1) is 0 Å². The van der Waals surface area contributed by atoms with Gasteiger partial charge in [0.05, 0.1) is 18.9 Å². The van der Waals surface area contributed by atoms with Gasteiger partial charge in [0.15, 0.2) is 5.96 Å². The number of aliphatic imine (C=N–C) groups is 1. The van der Waals surface area contributed by atoms with Gasteiger partial charge >= 0.3 is 0 Å². The molecule has 142 valence electrons. The van der Waals surface area contributed by atoms with E-state index in [-0.39, 0.29) is 6.54 Å². The predicted octanol–water partition coefficient (Wildman–Crippen LogP) is 1.52. The lowest BCUT2D eigenvalue weighted by Crippen LogP contribution is -2.39. The molecule has 7 nitrogen and oxygen atoms in total. The molecule has 1 atom stereocenters. The molecule has 0 aliphatic carbocycles. The number of nitrogens with one attached hydrogen (secondary N) is 3. The van der Waals surface area contributed by atoms with Crippen LogP contribution in [0.3, 0.4) is 0 Å². The molecule has 0 aliphatic heterocycles. The zero-order chi connectivity index (χ0) is 18.9. The lowest BCUT2D eigenvalue weighted by Gasteiger charge is -2.14. The van der Waals surface area contributed by atoms with Crippen LogP contribution in [0.15, 0.2) is 23.2 Å². The molecular weight excluding hydrogens is 387 g/mol. The fourth-order valence-corrected chi connectivity index (χ4v) is 3.00. The zero-order valence-electron chi connectivity index (χ0n) is 14.2. The number of aliphatic hydroxyl groups is 1. The Kier molecular flexibility index (Phi) is 9.52. The Morgan fingerprint density at radius 1 is 1.20 bits per heavy atom. The van der Waals surface area contributed by atoms with Gasteiger partial charge in [-0.05, 0) is 37.1 Å². The third-order valence-corrected chi connectivity index (χ3v) is 4.21. The van der Waals surface area contributed by atoms with Gasteiger partial charge in [-0.1, -0.05) is 23.2 Å². The van der Waals surface area contributed by atoms with Crippen LogP contribution in [0.25, 0.3) is 0 Å². The van der Waals surface area contributed by atoms with E-state index < -0.39 is 16.1 Å². The van der Waals surface area contributed by atoms with Gasteiger partial charge in [0.1, 0.15) is 0 Å². The molecule has 0 heterocycles. The summed E-state index contributed by atoms with van der Waals surface area (Å²) in [5.74, 6) is 0.536. The largest absolute Gasteiger partial charge is 0.386 e. The second-order valence-electron chi connectivity index (χ2n) is 5.39. The highest BCUT2D eigenvalue weighted by molar-refractivity contribution is 7.88. The van der Waals surface area contributed by atoms with Gasteiger partial charge in [-0.3, -0.25) is 4.99 Å². The highest BCUT2D eigenvalue weighted by atomic mass is 35.5. The van der Waals surface area contributed by atoms with Crippen LogP contribution in [0.2, 0.25) is 10.0 Å². The number of guanidine groups is 1. The van der Waals surface area contributed by atoms with Crippen LogP contribution in [-0.2, 0) is 10.0 Å². The Hall–Kier alpha value is -1.06. The minimum atomic E-state index is -3.17. The number of sulfonamides is 1. The molecule has 0 aliphatic rings. The minimum absolute atomic E-state index is 0.133. The highest BCUT2D eigenvalue weighted by Crippen LogP contribution is 2.23. The van der Waals surface area contributed by atoms with E-state index in [9.17, 15) is 13.5 Å². The van der Waals surface area contributed by atoms with Crippen molar-refractivity contribution < 1.29 is 13.5 Å². The van der Waals surface area contributed by atoms with Crippen molar-refractivity contribution in [3.8, 4) is 0 Å². The first-order chi connectivity index (χ1) is 11.7. The number of benzene rings is 1. The van der Waals surface area contributed by atoms with Crippen molar-refractivity contribution in [2.75, 3.05) is 32.4 Å². The molecule has 0 amide bonds. The van der Waals surface area contributed by atoms with Gasteiger partial charge in [0.25, 0.3) is 0 Å². The van der Waals surface area contributed by atoms with E-state index >= 15 is 0 Å². The maximum atomic E-state index is 11.0. The van der Waals surface area contributed by atoms with E-state index in [0.29, 0.717) is 47.6 Å². The van der Waals surface area contributed by atoms with Crippen molar-refractivity contribution in [2.24, 2.45) is 4.99 Å². The zero-order valence-corrected chi connectivity index (χ0v) is 16.5. The van der Waals surface area contributed by atoms with E-state index in [2.05, 4.69) is 20.3 Å². The first-order valence-electron chi connectivity index (χ1n) is 7.82. The highest BCUT2D eigenvalue weighted by Gasteiger charge is 2.09. The molecule has 0 saturated heterocycles. The summed E-state index contributed by atoms with van der Waals surface area (Å²) >= 11 is 11.9. The predicted molar refractivity (Wildman–Crippen MR) is 103 cm³/mol. The fraction of sp³-hybridized carbons (Fsp3) is 0.533. The normalized spacial score (nSPS) is 13.6. The second-order valence-corrected chi connectivity index (χ2v) is 8.09. The molecule has 0 spiro atoms. The molecule has 1 aromatic carbocycles. The van der Waals surface area contributed by atoms with Crippen LogP contribution < -0.4 is 15.4 Å². The molecule has 4 N–H and O–H groups in total. The van der Waals surface area contributed by atoms with E-state index in [4.69, 9.17) is 23.2 Å². The average molecular weight is 411 g/mol. The van der Waals surface area contributed by atoms with E-state index in [1.54, 1.807) is 18.2 Å². The molecule has 0 fully saturated rings. The monoisotopic (exact) mass is 410 g/mol. The first-order valence-corrected chi connectivity index (χ1v) is 10.5. The SMILES string of the molecule is CCNC(=NCC(O)c1cc(Cl)cc(Cl)c1)NCCCNS(C)(=O)=O. The molecule has 0 saturated carbocycles. The first kappa shape index (κ1) is 22.0. The minimum Gasteiger partial charge on any atom is -0.386 e. The summed E-state index contributed by atoms with van der Waals surface area (Å²) in [5.41, 5.74) is 0.592. The maximum Gasteiger partial charge on any atom is 0.208 e. The molecule has 25 heavy (non-hydrogen) atoms. The van der Waals surface area contributed by atoms with Crippen LogP contribution in [-0.4, -0.2) is 51.9 Å². The van der Waals surface area contributed by atoms with Crippen molar-refractivity contribution in [3.63, 3.8) is 0 Å². The van der Waals surface area contributed by atoms with Crippen molar-refractivity contribution in [3.05, 3.63) is 33.8 Å². The Morgan fingerprint density at radius 2 is 1.84 bits per heavy atom. The topological polar surface area (TPSA) is 103 Å². The summed E-state index contributed by atoms with van der Waals surface area (Å²) in [6.45, 7) is 3.60. The molecule has 0 radical (unpaired) electrons. The average Bonchev–Trinajstić information content (AvgIpc) is 2.49. The number of aliphatic hydroxyl groups excluding tert-OH is 1. The number of hydrogen-bond acceptors (Lipinski definition) is 4. The van der Waals surface area contributed by atoms with Crippen LogP contribution in [0, 0.1) is 0 Å². The Labute approximate surface area is 158 Å². The number of rotatable bonds is 9. The lowest BCUT2D eigenvalue weighted by atomic mass is 10.1. The van der Waals surface area contributed by atoms with E-state index in [1.807, 2.05) is 6.92 Å². The summed E-state index contributed by atoms with van der Waals surface area (Å²) in [4.78, 5) is 4.32. The van der Waals surface area contributed by atoms with Crippen LogP contribution in [0.5, 0.6) is 0 Å². The molecule has 0 aromatic heterocycles. The molecule has 1 rings (SSSR count). The molecule has 10 heteroatoms. The van der Waals surface area contributed by atoms with Gasteiger partial charge in [0.2, 0.25) is 10.0 Å². The Morgan fingerprint density at radius 3 is 2.40 bits per heavy atom. The van der Waals surface area contributed by atoms with Gasteiger partial charge in [-0.25, -0.2) is 13.1 Å². The van der Waals surface area contributed by atoms with Gasteiger partial charge in [-0.2, -0.15) is 0 Å². The Balaban J connectivity index is 2.53. The second kappa shape index (κ2) is 10.8. The standard InChI is InChI=1S/C15H24Cl2N4O3S/c1-3-18-15(19-5-4-6-21-25(2,23)24)20-10-14(22)11-7-12(16)9-13(17)8-11/h7-9,14,21-22H,3-6,10H2,1-2H3,(H2,18,19,20). The smallest absolute Gasteiger partial charge is 0.208 e. The van der Waals surface area contributed by atoms with Crippen LogP contribution >= 0.6 is 23.2 Å². The van der Waals surface area contributed by atoms with Crippen molar-refractivity contribution >= 4 is 39.2 Å². The van der Waals surface area contributed by atoms with E-state index in [0.717, 1.165) is 6.26 Å². The summed E-state index contributed by atoms with van der Waals surface area (Å²) in [6.07, 6.45) is 0.887. The maximum absolute atomic E-state index is 11.0. The fourth-order valence-electron chi connectivity index (χ4n) is 1.95. The van der Waals surface area contributed by atoms with Gasteiger partial charge < -0.3 is 15.7 Å². The lowest BCUT2D eigenvalue weighted by molar-refractivity contribution is 0.187. The van der Waals surface area contributed by atoms with Crippen molar-refractivity contribution in [1.82, 2.24) is 15.4 Å². The van der Waals surface area contributed by atoms with Crippen molar-refractivity contribution in [1.29, 1.82) is 0 Å².